The number of Topliss-reactive ketones (excluding diaryl/α,β-unsaturated/α-hetero) is 1. The lowest BCUT2D eigenvalue weighted by Gasteiger charge is -2.13. The Hall–Kier alpha value is -1.51. The summed E-state index contributed by atoms with van der Waals surface area (Å²) in [4.78, 5) is 12.3. The van der Waals surface area contributed by atoms with Crippen molar-refractivity contribution in [3.05, 3.63) is 23.8 Å². The van der Waals surface area contributed by atoms with Gasteiger partial charge >= 0.3 is 0 Å². The molecule has 1 aromatic carbocycles. The van der Waals surface area contributed by atoms with Crippen LogP contribution in [0.15, 0.2) is 18.2 Å². The van der Waals surface area contributed by atoms with Gasteiger partial charge in [-0.2, -0.15) is 0 Å². The van der Waals surface area contributed by atoms with Crippen molar-refractivity contribution < 1.29 is 15.0 Å². The third-order valence-corrected chi connectivity index (χ3v) is 3.47. The summed E-state index contributed by atoms with van der Waals surface area (Å²) in [6.07, 6.45) is 6.33. The Balaban J connectivity index is 2.20. The molecule has 92 valence electrons. The van der Waals surface area contributed by atoms with Gasteiger partial charge in [-0.15, -0.1) is 0 Å². The van der Waals surface area contributed by atoms with Crippen LogP contribution < -0.4 is 0 Å². The van der Waals surface area contributed by atoms with Crippen molar-refractivity contribution in [1.82, 2.24) is 0 Å². The first-order valence-electron chi connectivity index (χ1n) is 6.24. The molecule has 0 bridgehead atoms. The first kappa shape index (κ1) is 12.0. The molecule has 0 heterocycles. The number of ketones is 1. The van der Waals surface area contributed by atoms with Crippen molar-refractivity contribution in [3.8, 4) is 11.5 Å². The van der Waals surface area contributed by atoms with Crippen molar-refractivity contribution in [2.45, 2.75) is 38.5 Å². The summed E-state index contributed by atoms with van der Waals surface area (Å²) in [7, 11) is 0. The molecule has 1 aromatic rings. The smallest absolute Gasteiger partial charge is 0.169 e. The molecular weight excluding hydrogens is 216 g/mol. The summed E-state index contributed by atoms with van der Waals surface area (Å²) < 4.78 is 0. The molecule has 0 aliphatic heterocycles. The molecule has 0 aromatic heterocycles. The monoisotopic (exact) mass is 234 g/mol. The van der Waals surface area contributed by atoms with Crippen LogP contribution in [0.2, 0.25) is 0 Å². The van der Waals surface area contributed by atoms with Gasteiger partial charge in [-0.1, -0.05) is 25.7 Å². The van der Waals surface area contributed by atoms with Gasteiger partial charge in [-0.25, -0.2) is 0 Å². The van der Waals surface area contributed by atoms with Crippen LogP contribution in [-0.4, -0.2) is 16.0 Å². The summed E-state index contributed by atoms with van der Waals surface area (Å²) in [5.41, 5.74) is 0.261. The Morgan fingerprint density at radius 3 is 2.35 bits per heavy atom. The number of carbonyl (C=O) groups is 1. The zero-order valence-electron chi connectivity index (χ0n) is 9.85. The van der Waals surface area contributed by atoms with Crippen LogP contribution in [0.3, 0.4) is 0 Å². The Bertz CT molecular complexity index is 404. The second-order valence-electron chi connectivity index (χ2n) is 4.75. The molecule has 1 aliphatic rings. The van der Waals surface area contributed by atoms with Crippen LogP contribution >= 0.6 is 0 Å². The number of rotatable bonds is 2. The average Bonchev–Trinajstić information content (AvgIpc) is 2.60. The maximum absolute atomic E-state index is 12.3. The van der Waals surface area contributed by atoms with Crippen LogP contribution in [0.4, 0.5) is 0 Å². The van der Waals surface area contributed by atoms with Crippen LogP contribution in [0.1, 0.15) is 48.9 Å². The molecule has 17 heavy (non-hydrogen) atoms. The van der Waals surface area contributed by atoms with Crippen LogP contribution in [0.5, 0.6) is 11.5 Å². The van der Waals surface area contributed by atoms with Gasteiger partial charge in [0.1, 0.15) is 11.5 Å². The molecule has 0 unspecified atom stereocenters. The zero-order valence-corrected chi connectivity index (χ0v) is 9.85. The maximum atomic E-state index is 12.3. The number of benzene rings is 1. The number of hydrogen-bond acceptors (Lipinski definition) is 3. The molecule has 0 radical (unpaired) electrons. The lowest BCUT2D eigenvalue weighted by atomic mass is 9.90. The van der Waals surface area contributed by atoms with Crippen LogP contribution in [0.25, 0.3) is 0 Å². The van der Waals surface area contributed by atoms with Gasteiger partial charge in [0.15, 0.2) is 5.78 Å². The van der Waals surface area contributed by atoms with E-state index in [1.807, 2.05) is 0 Å². The minimum absolute atomic E-state index is 0.00481. The highest BCUT2D eigenvalue weighted by Gasteiger charge is 2.23. The fourth-order valence-corrected chi connectivity index (χ4v) is 2.48. The van der Waals surface area contributed by atoms with E-state index in [0.29, 0.717) is 0 Å². The summed E-state index contributed by atoms with van der Waals surface area (Å²) in [5.74, 6) is -0.0256. The van der Waals surface area contributed by atoms with Crippen molar-refractivity contribution in [2.75, 3.05) is 0 Å². The highest BCUT2D eigenvalue weighted by Crippen LogP contribution is 2.30. The highest BCUT2D eigenvalue weighted by molar-refractivity contribution is 6.00. The molecule has 3 heteroatoms. The first-order valence-corrected chi connectivity index (χ1v) is 6.24. The molecule has 0 spiro atoms. The maximum Gasteiger partial charge on any atom is 0.169 e. The molecule has 1 saturated carbocycles. The zero-order chi connectivity index (χ0) is 12.3. The topological polar surface area (TPSA) is 57.5 Å². The van der Waals surface area contributed by atoms with Crippen molar-refractivity contribution in [2.24, 2.45) is 5.92 Å². The predicted octanol–water partition coefficient (Wildman–Crippen LogP) is 3.25. The van der Waals surface area contributed by atoms with Crippen LogP contribution in [0, 0.1) is 5.92 Å². The second-order valence-corrected chi connectivity index (χ2v) is 4.75. The number of carbonyl (C=O) groups excluding carboxylic acids is 1. The summed E-state index contributed by atoms with van der Waals surface area (Å²) in [5, 5.41) is 19.1. The second kappa shape index (κ2) is 5.21. The SMILES string of the molecule is O=C(c1cc(O)ccc1O)C1CCCCCC1. The molecule has 1 aliphatic carbocycles. The van der Waals surface area contributed by atoms with Gasteiger partial charge in [0.25, 0.3) is 0 Å². The van der Waals surface area contributed by atoms with E-state index in [0.717, 1.165) is 25.7 Å². The van der Waals surface area contributed by atoms with E-state index >= 15 is 0 Å². The van der Waals surface area contributed by atoms with Gasteiger partial charge in [0.05, 0.1) is 5.56 Å². The minimum Gasteiger partial charge on any atom is -0.508 e. The molecule has 1 fully saturated rings. The quantitative estimate of drug-likeness (QED) is 0.469. The number of phenols is 2. The Morgan fingerprint density at radius 2 is 1.71 bits per heavy atom. The standard InChI is InChI=1S/C14H18O3/c15-11-7-8-13(16)12(9-11)14(17)10-5-3-1-2-4-6-10/h7-10,15-16H,1-6H2. The van der Waals surface area contributed by atoms with E-state index in [1.165, 1.54) is 31.0 Å². The van der Waals surface area contributed by atoms with Crippen molar-refractivity contribution in [3.63, 3.8) is 0 Å². The van der Waals surface area contributed by atoms with E-state index in [9.17, 15) is 15.0 Å². The third kappa shape index (κ3) is 2.78. The Morgan fingerprint density at radius 1 is 1.06 bits per heavy atom. The van der Waals surface area contributed by atoms with Crippen molar-refractivity contribution in [1.29, 1.82) is 0 Å². The minimum atomic E-state index is -0.0305. The fourth-order valence-electron chi connectivity index (χ4n) is 2.48. The van der Waals surface area contributed by atoms with E-state index in [4.69, 9.17) is 0 Å². The molecule has 0 atom stereocenters. The van der Waals surface area contributed by atoms with E-state index in [1.54, 1.807) is 0 Å². The van der Waals surface area contributed by atoms with Crippen LogP contribution in [-0.2, 0) is 0 Å². The Labute approximate surface area is 101 Å². The van der Waals surface area contributed by atoms with E-state index < -0.39 is 0 Å². The van der Waals surface area contributed by atoms with Gasteiger partial charge in [-0.3, -0.25) is 4.79 Å². The number of hydrogen-bond donors (Lipinski definition) is 2. The van der Waals surface area contributed by atoms with E-state index in [-0.39, 0.29) is 28.8 Å². The molecule has 2 N–H and O–H groups in total. The average molecular weight is 234 g/mol. The summed E-state index contributed by atoms with van der Waals surface area (Å²) >= 11 is 0. The summed E-state index contributed by atoms with van der Waals surface area (Å²) in [6.45, 7) is 0. The predicted molar refractivity (Wildman–Crippen MR) is 65.3 cm³/mol. The lowest BCUT2D eigenvalue weighted by molar-refractivity contribution is 0.0904. The van der Waals surface area contributed by atoms with Gasteiger partial charge < -0.3 is 10.2 Å². The molecule has 0 amide bonds. The Kier molecular flexibility index (Phi) is 3.67. The molecule has 2 rings (SSSR count). The molecule has 0 saturated heterocycles. The van der Waals surface area contributed by atoms with E-state index in [2.05, 4.69) is 0 Å². The normalized spacial score (nSPS) is 17.6. The van der Waals surface area contributed by atoms with Gasteiger partial charge in [0.2, 0.25) is 0 Å². The molecule has 3 nitrogen and oxygen atoms in total. The molecular formula is C14H18O3. The fraction of sp³-hybridized carbons (Fsp3) is 0.500. The van der Waals surface area contributed by atoms with Gasteiger partial charge in [0, 0.05) is 5.92 Å². The first-order chi connectivity index (χ1) is 8.18. The number of phenolic OH excluding ortho intramolecular Hbond substituents is 2. The third-order valence-electron chi connectivity index (χ3n) is 3.47. The lowest BCUT2D eigenvalue weighted by Crippen LogP contribution is -2.14. The van der Waals surface area contributed by atoms with Crippen molar-refractivity contribution >= 4 is 5.78 Å². The highest BCUT2D eigenvalue weighted by atomic mass is 16.3. The largest absolute Gasteiger partial charge is 0.508 e. The summed E-state index contributed by atoms with van der Waals surface area (Å²) in [6, 6.07) is 4.13. The van der Waals surface area contributed by atoms with Gasteiger partial charge in [-0.05, 0) is 31.0 Å². The number of aromatic hydroxyl groups is 2.